The third kappa shape index (κ3) is 4.39. The summed E-state index contributed by atoms with van der Waals surface area (Å²) in [7, 11) is -2.01. The van der Waals surface area contributed by atoms with Crippen molar-refractivity contribution in [3.8, 4) is 11.1 Å². The van der Waals surface area contributed by atoms with E-state index in [9.17, 15) is 9.50 Å². The molecule has 0 spiro atoms. The van der Waals surface area contributed by atoms with Gasteiger partial charge in [-0.25, -0.2) is 4.39 Å². The fourth-order valence-corrected chi connectivity index (χ4v) is 5.38. The summed E-state index contributed by atoms with van der Waals surface area (Å²) in [5.74, 6) is -0.0660. The van der Waals surface area contributed by atoms with Crippen molar-refractivity contribution in [2.24, 2.45) is 0 Å². The van der Waals surface area contributed by atoms with Crippen LogP contribution in [0.1, 0.15) is 82.0 Å². The predicted octanol–water partition coefficient (Wildman–Crippen LogP) is 6.90. The minimum atomic E-state index is -2.01. The van der Waals surface area contributed by atoms with Gasteiger partial charge in [0.2, 0.25) is 0 Å². The molecule has 2 aromatic rings. The van der Waals surface area contributed by atoms with Crippen molar-refractivity contribution in [2.75, 3.05) is 0 Å². The van der Waals surface area contributed by atoms with E-state index in [-0.39, 0.29) is 29.5 Å². The highest BCUT2D eigenvalue weighted by molar-refractivity contribution is 6.74. The fraction of sp³-hybridized carbons (Fsp3) is 0.560. The summed E-state index contributed by atoms with van der Waals surface area (Å²) in [6.07, 6.45) is 2.85. The Morgan fingerprint density at radius 1 is 1.20 bits per heavy atom. The Hall–Kier alpha value is -1.56. The van der Waals surface area contributed by atoms with Crippen LogP contribution in [0.25, 0.3) is 11.1 Å². The maximum atomic E-state index is 13.7. The second kappa shape index (κ2) is 8.52. The van der Waals surface area contributed by atoms with Gasteiger partial charge in [-0.1, -0.05) is 46.8 Å². The third-order valence-electron chi connectivity index (χ3n) is 6.73. The Morgan fingerprint density at radius 2 is 1.83 bits per heavy atom. The lowest BCUT2D eigenvalue weighted by Gasteiger charge is -2.41. The van der Waals surface area contributed by atoms with Crippen molar-refractivity contribution in [3.05, 3.63) is 52.6 Å². The van der Waals surface area contributed by atoms with E-state index in [0.29, 0.717) is 0 Å². The van der Waals surface area contributed by atoms with Gasteiger partial charge in [0.15, 0.2) is 8.32 Å². The lowest BCUT2D eigenvalue weighted by molar-refractivity contribution is 0.162. The van der Waals surface area contributed by atoms with Gasteiger partial charge in [-0.2, -0.15) is 0 Å². The molecule has 0 aliphatic heterocycles. The molecular formula is C25H36FNO2Si. The van der Waals surface area contributed by atoms with Crippen LogP contribution in [0.2, 0.25) is 18.1 Å². The van der Waals surface area contributed by atoms with Gasteiger partial charge in [0, 0.05) is 22.5 Å². The first-order valence-corrected chi connectivity index (χ1v) is 14.0. The number of aliphatic hydroxyl groups is 1. The van der Waals surface area contributed by atoms with Crippen LogP contribution in [0, 0.1) is 5.82 Å². The fourth-order valence-electron chi connectivity index (χ4n) is 4.08. The number of aliphatic hydroxyl groups excluding tert-OH is 1. The van der Waals surface area contributed by atoms with Crippen LogP contribution in [-0.2, 0) is 17.5 Å². The Morgan fingerprint density at radius 3 is 2.37 bits per heavy atom. The standard InChI is InChI=1S/C25H36FNO2Si/c1-16(2)24-19(15-28)22(17-11-13-18(26)14-12-17)23-20(27-24)9-8-10-21(23)29-30(6,7)25(3,4)5/h11-14,16,21,28H,8-10,15H2,1-7H3. The summed E-state index contributed by atoms with van der Waals surface area (Å²) in [5.41, 5.74) is 5.88. The van der Waals surface area contributed by atoms with E-state index in [1.807, 2.05) is 12.1 Å². The zero-order valence-electron chi connectivity index (χ0n) is 19.5. The van der Waals surface area contributed by atoms with Crippen LogP contribution in [-0.4, -0.2) is 18.4 Å². The molecule has 0 saturated carbocycles. The number of benzene rings is 1. The molecule has 3 rings (SSSR count). The van der Waals surface area contributed by atoms with E-state index in [4.69, 9.17) is 9.41 Å². The van der Waals surface area contributed by atoms with Crippen molar-refractivity contribution in [1.82, 2.24) is 4.98 Å². The minimum absolute atomic E-state index is 0.0475. The molecule has 1 N–H and O–H groups in total. The molecule has 0 radical (unpaired) electrons. The quantitative estimate of drug-likeness (QED) is 0.526. The summed E-state index contributed by atoms with van der Waals surface area (Å²) in [5, 5.41) is 10.5. The van der Waals surface area contributed by atoms with Gasteiger partial charge in [-0.15, -0.1) is 0 Å². The molecular weight excluding hydrogens is 393 g/mol. The molecule has 1 aromatic heterocycles. The van der Waals surface area contributed by atoms with Crippen LogP contribution in [0.5, 0.6) is 0 Å². The van der Waals surface area contributed by atoms with Gasteiger partial charge >= 0.3 is 0 Å². The predicted molar refractivity (Wildman–Crippen MR) is 124 cm³/mol. The van der Waals surface area contributed by atoms with Crippen molar-refractivity contribution >= 4 is 8.32 Å². The number of pyridine rings is 1. The van der Waals surface area contributed by atoms with Gasteiger partial charge in [0.25, 0.3) is 0 Å². The molecule has 0 saturated heterocycles. The number of aromatic nitrogens is 1. The molecule has 1 aromatic carbocycles. The number of fused-ring (bicyclic) bond motifs is 1. The molecule has 3 nitrogen and oxygen atoms in total. The Bertz CT molecular complexity index is 901. The molecule has 1 unspecified atom stereocenters. The van der Waals surface area contributed by atoms with Crippen LogP contribution in [0.4, 0.5) is 4.39 Å². The molecule has 1 atom stereocenters. The molecule has 1 aliphatic rings. The maximum Gasteiger partial charge on any atom is 0.192 e. The van der Waals surface area contributed by atoms with E-state index in [1.165, 1.54) is 12.1 Å². The second-order valence-corrected chi connectivity index (χ2v) is 15.0. The van der Waals surface area contributed by atoms with Crippen molar-refractivity contribution < 1.29 is 13.9 Å². The number of aryl methyl sites for hydroxylation is 1. The number of nitrogens with zero attached hydrogens (tertiary/aromatic N) is 1. The van der Waals surface area contributed by atoms with Gasteiger partial charge in [-0.05, 0) is 66.6 Å². The highest BCUT2D eigenvalue weighted by Crippen LogP contribution is 2.47. The van der Waals surface area contributed by atoms with E-state index < -0.39 is 8.32 Å². The summed E-state index contributed by atoms with van der Waals surface area (Å²) in [4.78, 5) is 5.03. The average molecular weight is 430 g/mol. The second-order valence-electron chi connectivity index (χ2n) is 10.3. The topological polar surface area (TPSA) is 42.4 Å². The largest absolute Gasteiger partial charge is 0.410 e. The maximum absolute atomic E-state index is 13.7. The highest BCUT2D eigenvalue weighted by atomic mass is 28.4. The van der Waals surface area contributed by atoms with Gasteiger partial charge in [0.05, 0.1) is 12.7 Å². The van der Waals surface area contributed by atoms with Crippen molar-refractivity contribution in [3.63, 3.8) is 0 Å². The number of hydrogen-bond acceptors (Lipinski definition) is 3. The SMILES string of the molecule is CC(C)c1nc2c(c(-c3ccc(F)cc3)c1CO)C(O[Si](C)(C)C(C)(C)C)CCC2. The Kier molecular flexibility index (Phi) is 6.56. The normalized spacial score (nSPS) is 17.3. The van der Waals surface area contributed by atoms with Crippen LogP contribution < -0.4 is 0 Å². The summed E-state index contributed by atoms with van der Waals surface area (Å²) in [6.45, 7) is 15.4. The molecule has 30 heavy (non-hydrogen) atoms. The monoisotopic (exact) mass is 429 g/mol. The summed E-state index contributed by atoms with van der Waals surface area (Å²) in [6, 6.07) is 6.61. The molecule has 1 heterocycles. The van der Waals surface area contributed by atoms with E-state index in [1.54, 1.807) is 0 Å². The zero-order chi connectivity index (χ0) is 22.3. The van der Waals surface area contributed by atoms with E-state index >= 15 is 0 Å². The Balaban J connectivity index is 2.26. The molecule has 0 fully saturated rings. The summed E-state index contributed by atoms with van der Waals surface area (Å²) >= 11 is 0. The molecule has 5 heteroatoms. The zero-order valence-corrected chi connectivity index (χ0v) is 20.5. The number of hydrogen-bond donors (Lipinski definition) is 1. The number of halogens is 1. The van der Waals surface area contributed by atoms with E-state index in [2.05, 4.69) is 47.7 Å². The Labute approximate surface area is 181 Å². The summed E-state index contributed by atoms with van der Waals surface area (Å²) < 4.78 is 20.6. The lowest BCUT2D eigenvalue weighted by Crippen LogP contribution is -2.42. The van der Waals surface area contributed by atoms with Crippen molar-refractivity contribution in [1.29, 1.82) is 0 Å². The van der Waals surface area contributed by atoms with Crippen molar-refractivity contribution in [2.45, 2.75) is 90.6 Å². The molecule has 164 valence electrons. The lowest BCUT2D eigenvalue weighted by atomic mass is 9.83. The first kappa shape index (κ1) is 23.1. The van der Waals surface area contributed by atoms with E-state index in [0.717, 1.165) is 52.9 Å². The van der Waals surface area contributed by atoms with Gasteiger partial charge < -0.3 is 9.53 Å². The van der Waals surface area contributed by atoms with Crippen LogP contribution in [0.3, 0.4) is 0 Å². The first-order valence-electron chi connectivity index (χ1n) is 11.1. The third-order valence-corrected chi connectivity index (χ3v) is 11.2. The molecule has 0 amide bonds. The molecule has 1 aliphatic carbocycles. The molecule has 0 bridgehead atoms. The average Bonchev–Trinajstić information content (AvgIpc) is 2.66. The minimum Gasteiger partial charge on any atom is -0.410 e. The van der Waals surface area contributed by atoms with Gasteiger partial charge in [0.1, 0.15) is 5.82 Å². The van der Waals surface area contributed by atoms with Crippen LogP contribution in [0.15, 0.2) is 24.3 Å². The van der Waals surface area contributed by atoms with Gasteiger partial charge in [-0.3, -0.25) is 4.98 Å². The number of rotatable bonds is 5. The smallest absolute Gasteiger partial charge is 0.192 e. The first-order chi connectivity index (χ1) is 14.0. The van der Waals surface area contributed by atoms with Crippen LogP contribution >= 0.6 is 0 Å². The highest BCUT2D eigenvalue weighted by Gasteiger charge is 2.41.